The van der Waals surface area contributed by atoms with Crippen LogP contribution in [0.2, 0.25) is 0 Å². The Hall–Kier alpha value is -5.03. The van der Waals surface area contributed by atoms with E-state index in [1.807, 2.05) is 62.4 Å². The third-order valence-electron chi connectivity index (χ3n) is 7.60. The highest BCUT2D eigenvalue weighted by molar-refractivity contribution is 7.92. The van der Waals surface area contributed by atoms with E-state index in [0.717, 1.165) is 22.3 Å². The number of ether oxygens (including phenoxy) is 1. The number of nitrogens with one attached hydrogen (secondary N) is 1. The van der Waals surface area contributed by atoms with Gasteiger partial charge in [-0.05, 0) is 61.1 Å². The van der Waals surface area contributed by atoms with Gasteiger partial charge in [0.15, 0.2) is 0 Å². The standard InChI is InChI=1S/C35H38N6O4S/c1-23(2)16-28-22-45-32-18-31(33-24(3)10-8-11-25(33)4)38-35(39-32)40-46(43,44)30-15-9-14-27(17-30)34(42)41(28)29(19-36)21-37-20-26-12-6-5-7-13-26/h5-15,17-19,21,23,28H,16,20,22,36H2,1-4H3,(H,38,39,40)/b29-19+,37-21?/t28-/m1/s1. The predicted molar refractivity (Wildman–Crippen MR) is 180 cm³/mol. The Bertz CT molecular complexity index is 1870. The number of aromatic nitrogens is 2. The number of allylic oxidation sites excluding steroid dienone is 1. The molecule has 5 rings (SSSR count). The van der Waals surface area contributed by atoms with Crippen LogP contribution in [0.4, 0.5) is 5.95 Å². The molecule has 4 bridgehead atoms. The molecule has 1 atom stereocenters. The van der Waals surface area contributed by atoms with Gasteiger partial charge in [-0.2, -0.15) is 4.98 Å². The lowest BCUT2D eigenvalue weighted by atomic mass is 10.00. The Labute approximate surface area is 270 Å². The molecule has 0 saturated carbocycles. The van der Waals surface area contributed by atoms with Crippen molar-refractivity contribution in [3.8, 4) is 17.1 Å². The molecule has 11 heteroatoms. The van der Waals surface area contributed by atoms with Gasteiger partial charge in [-0.15, -0.1) is 0 Å². The fraction of sp³-hybridized carbons (Fsp3) is 0.257. The average molecular weight is 639 g/mol. The number of aryl methyl sites for hydroxylation is 2. The van der Waals surface area contributed by atoms with Crippen LogP contribution in [0, 0.1) is 19.8 Å². The van der Waals surface area contributed by atoms with Gasteiger partial charge >= 0.3 is 0 Å². The second-order valence-electron chi connectivity index (χ2n) is 11.6. The zero-order valence-corrected chi connectivity index (χ0v) is 27.2. The van der Waals surface area contributed by atoms with Crippen LogP contribution in [0.5, 0.6) is 5.88 Å². The molecule has 3 aromatic carbocycles. The van der Waals surface area contributed by atoms with E-state index < -0.39 is 22.0 Å². The maximum absolute atomic E-state index is 14.3. The highest BCUT2D eigenvalue weighted by Crippen LogP contribution is 2.30. The summed E-state index contributed by atoms with van der Waals surface area (Å²) in [5.41, 5.74) is 10.9. The first-order valence-electron chi connectivity index (χ1n) is 15.1. The third-order valence-corrected chi connectivity index (χ3v) is 8.92. The number of amides is 1. The molecule has 238 valence electrons. The topological polar surface area (TPSA) is 140 Å². The lowest BCUT2D eigenvalue weighted by molar-refractivity contribution is 0.0680. The molecule has 2 heterocycles. The monoisotopic (exact) mass is 638 g/mol. The number of nitrogens with two attached hydrogens (primary N) is 1. The van der Waals surface area contributed by atoms with Crippen molar-refractivity contribution in [2.75, 3.05) is 11.3 Å². The van der Waals surface area contributed by atoms with Crippen molar-refractivity contribution in [1.29, 1.82) is 0 Å². The second-order valence-corrected chi connectivity index (χ2v) is 13.3. The van der Waals surface area contributed by atoms with Crippen molar-refractivity contribution in [3.05, 3.63) is 113 Å². The minimum atomic E-state index is -4.19. The second kappa shape index (κ2) is 13.9. The number of rotatable bonds is 7. The van der Waals surface area contributed by atoms with Gasteiger partial charge in [-0.1, -0.05) is 68.4 Å². The Morgan fingerprint density at radius 2 is 1.76 bits per heavy atom. The molecule has 0 radical (unpaired) electrons. The quantitative estimate of drug-likeness (QED) is 0.241. The van der Waals surface area contributed by atoms with Gasteiger partial charge in [0.2, 0.25) is 11.8 Å². The summed E-state index contributed by atoms with van der Waals surface area (Å²) in [4.78, 5) is 29.3. The van der Waals surface area contributed by atoms with Crippen LogP contribution in [0.25, 0.3) is 11.3 Å². The Morgan fingerprint density at radius 3 is 2.46 bits per heavy atom. The van der Waals surface area contributed by atoms with E-state index >= 15 is 0 Å². The van der Waals surface area contributed by atoms with E-state index in [-0.39, 0.29) is 34.8 Å². The summed E-state index contributed by atoms with van der Waals surface area (Å²) in [6.07, 6.45) is 3.45. The number of nitrogens with zero attached hydrogens (tertiary/aromatic N) is 4. The third kappa shape index (κ3) is 7.43. The van der Waals surface area contributed by atoms with Gasteiger partial charge in [0.05, 0.1) is 28.9 Å². The summed E-state index contributed by atoms with van der Waals surface area (Å²) in [5, 5.41) is 0. The summed E-state index contributed by atoms with van der Waals surface area (Å²) in [7, 11) is -4.19. The van der Waals surface area contributed by atoms with Crippen LogP contribution < -0.4 is 15.2 Å². The molecule has 0 saturated heterocycles. The smallest absolute Gasteiger partial charge is 0.264 e. The SMILES string of the molecule is Cc1cccc(C)c1-c1cc2nc(n1)NS(=O)(=O)c1cccc(c1)C(=O)N(/C(C=NCc1ccccc1)=C/N)[C@H](CC(C)C)CO2. The lowest BCUT2D eigenvalue weighted by Gasteiger charge is -2.33. The van der Waals surface area contributed by atoms with Gasteiger partial charge in [-0.3, -0.25) is 14.7 Å². The first-order valence-corrected chi connectivity index (χ1v) is 16.5. The first kappa shape index (κ1) is 32.4. The summed E-state index contributed by atoms with van der Waals surface area (Å²) in [6, 6.07) is 22.6. The average Bonchev–Trinajstić information content (AvgIpc) is 3.02. The van der Waals surface area contributed by atoms with Crippen molar-refractivity contribution in [2.24, 2.45) is 16.6 Å². The van der Waals surface area contributed by atoms with Gasteiger partial charge in [0.25, 0.3) is 15.9 Å². The van der Waals surface area contributed by atoms with E-state index in [2.05, 4.69) is 33.5 Å². The predicted octanol–water partition coefficient (Wildman–Crippen LogP) is 5.88. The van der Waals surface area contributed by atoms with Gasteiger partial charge in [-0.25, -0.2) is 18.1 Å². The Morgan fingerprint density at radius 1 is 1.04 bits per heavy atom. The fourth-order valence-corrected chi connectivity index (χ4v) is 6.48. The van der Waals surface area contributed by atoms with E-state index in [1.165, 1.54) is 24.4 Å². The van der Waals surface area contributed by atoms with Crippen molar-refractivity contribution in [2.45, 2.75) is 51.6 Å². The maximum atomic E-state index is 14.3. The largest absolute Gasteiger partial charge is 0.475 e. The molecule has 1 aromatic heterocycles. The van der Waals surface area contributed by atoms with Crippen molar-refractivity contribution in [3.63, 3.8) is 0 Å². The van der Waals surface area contributed by atoms with Crippen LogP contribution >= 0.6 is 0 Å². The summed E-state index contributed by atoms with van der Waals surface area (Å²) in [5.74, 6) is -0.255. The zero-order valence-electron chi connectivity index (χ0n) is 26.3. The lowest BCUT2D eigenvalue weighted by Crippen LogP contribution is -2.44. The molecule has 3 N–H and O–H groups in total. The molecule has 0 fully saturated rings. The van der Waals surface area contributed by atoms with E-state index in [4.69, 9.17) is 10.5 Å². The summed E-state index contributed by atoms with van der Waals surface area (Å²) < 4.78 is 36.0. The number of benzene rings is 3. The molecule has 1 aliphatic rings. The molecule has 0 spiro atoms. The highest BCUT2D eigenvalue weighted by atomic mass is 32.2. The Kier molecular flexibility index (Phi) is 9.81. The van der Waals surface area contributed by atoms with Crippen LogP contribution in [0.1, 0.15) is 47.3 Å². The molecule has 10 nitrogen and oxygen atoms in total. The maximum Gasteiger partial charge on any atom is 0.264 e. The fourth-order valence-electron chi connectivity index (χ4n) is 5.49. The van der Waals surface area contributed by atoms with Gasteiger partial charge in [0.1, 0.15) is 6.61 Å². The van der Waals surface area contributed by atoms with Gasteiger partial charge < -0.3 is 10.5 Å². The number of fused-ring (bicyclic) bond motifs is 4. The number of carbonyl (C=O) groups is 1. The molecule has 0 unspecified atom stereocenters. The van der Waals surface area contributed by atoms with Crippen molar-refractivity contribution < 1.29 is 17.9 Å². The van der Waals surface area contributed by atoms with Crippen molar-refractivity contribution >= 4 is 28.1 Å². The molecule has 0 aliphatic carbocycles. The number of hydrogen-bond donors (Lipinski definition) is 2. The number of aliphatic imine (C=N–C) groups is 1. The van der Waals surface area contributed by atoms with Gasteiger partial charge in [0, 0.05) is 29.6 Å². The zero-order chi connectivity index (χ0) is 32.8. The van der Waals surface area contributed by atoms with Crippen LogP contribution in [0.15, 0.2) is 101 Å². The van der Waals surface area contributed by atoms with Crippen LogP contribution in [-0.4, -0.2) is 48.1 Å². The number of anilines is 1. The minimum absolute atomic E-state index is 0.0445. The summed E-state index contributed by atoms with van der Waals surface area (Å²) in [6.45, 7) is 8.46. The molecule has 1 amide bonds. The van der Waals surface area contributed by atoms with Crippen LogP contribution in [0.3, 0.4) is 0 Å². The number of hydrogen-bond acceptors (Lipinski definition) is 8. The highest BCUT2D eigenvalue weighted by Gasteiger charge is 2.31. The molecular formula is C35H38N6O4S. The first-order chi connectivity index (χ1) is 22.1. The normalized spacial score (nSPS) is 16.7. The van der Waals surface area contributed by atoms with Crippen LogP contribution in [-0.2, 0) is 16.6 Å². The number of carbonyl (C=O) groups excluding carboxylic acids is 1. The van der Waals surface area contributed by atoms with E-state index in [0.29, 0.717) is 24.4 Å². The minimum Gasteiger partial charge on any atom is -0.475 e. The van der Waals surface area contributed by atoms with Crippen molar-refractivity contribution in [1.82, 2.24) is 14.9 Å². The summed E-state index contributed by atoms with van der Waals surface area (Å²) >= 11 is 0. The molecule has 46 heavy (non-hydrogen) atoms. The molecule has 1 aliphatic heterocycles. The Balaban J connectivity index is 1.64. The van der Waals surface area contributed by atoms with E-state index in [1.54, 1.807) is 23.2 Å². The number of sulfonamides is 1. The van der Waals surface area contributed by atoms with E-state index in [9.17, 15) is 13.2 Å². The molecule has 4 aromatic rings. The molecular weight excluding hydrogens is 600 g/mol.